The number of carbonyl (C=O) groups excluding carboxylic acids is 2. The molecule has 0 aromatic carbocycles. The third-order valence-corrected chi connectivity index (χ3v) is 14.0. The molecule has 0 aliphatic carbocycles. The molecule has 1 amide bonds. The predicted molar refractivity (Wildman–Crippen MR) is 292 cm³/mol. The van der Waals surface area contributed by atoms with Crippen LogP contribution in [0.1, 0.15) is 328 Å². The molecule has 0 heterocycles. The first kappa shape index (κ1) is 65.3. The SMILES string of the molecule is CCCCC/C=C\C/C=C\CCCCCCCCCCCC(=O)OCCCCCCCCCCCCCCCCCCCCCC(=O)NC(CO)C(O)CCCCCCCCCCCCCC. The first-order chi connectivity index (χ1) is 33.0. The number of unbranched alkanes of at least 4 members (excludes halogenated alkanes) is 41. The largest absolute Gasteiger partial charge is 0.466 e. The molecule has 0 rings (SSSR count). The molecule has 0 fully saturated rings. The van der Waals surface area contributed by atoms with Gasteiger partial charge in [0.25, 0.3) is 0 Å². The van der Waals surface area contributed by atoms with Crippen LogP contribution in [-0.2, 0) is 14.3 Å². The van der Waals surface area contributed by atoms with Crippen LogP contribution in [0.3, 0.4) is 0 Å². The zero-order valence-electron chi connectivity index (χ0n) is 45.1. The second-order valence-corrected chi connectivity index (χ2v) is 20.7. The van der Waals surface area contributed by atoms with Crippen LogP contribution in [0.25, 0.3) is 0 Å². The summed E-state index contributed by atoms with van der Waals surface area (Å²) in [5, 5.41) is 23.2. The lowest BCUT2D eigenvalue weighted by Crippen LogP contribution is -2.45. The highest BCUT2D eigenvalue weighted by Crippen LogP contribution is 2.18. The maximum Gasteiger partial charge on any atom is 0.305 e. The minimum Gasteiger partial charge on any atom is -0.466 e. The summed E-state index contributed by atoms with van der Waals surface area (Å²) in [6, 6.07) is -0.542. The fourth-order valence-electron chi connectivity index (χ4n) is 9.38. The van der Waals surface area contributed by atoms with Crippen molar-refractivity contribution < 1.29 is 24.5 Å². The Morgan fingerprint density at radius 1 is 0.418 bits per heavy atom. The topological polar surface area (TPSA) is 95.9 Å². The molecule has 0 aliphatic heterocycles. The lowest BCUT2D eigenvalue weighted by Gasteiger charge is -2.22. The van der Waals surface area contributed by atoms with Crippen molar-refractivity contribution in [2.45, 2.75) is 341 Å². The molecule has 0 saturated carbocycles. The van der Waals surface area contributed by atoms with Crippen LogP contribution in [0, 0.1) is 0 Å². The summed E-state index contributed by atoms with van der Waals surface area (Å²) in [7, 11) is 0. The Bertz CT molecular complexity index is 1040. The number of esters is 1. The molecule has 396 valence electrons. The molecule has 0 aromatic rings. The average Bonchev–Trinajstić information content (AvgIpc) is 3.33. The minimum atomic E-state index is -0.665. The summed E-state index contributed by atoms with van der Waals surface area (Å²) >= 11 is 0. The number of aliphatic hydroxyl groups excluding tert-OH is 2. The van der Waals surface area contributed by atoms with Gasteiger partial charge >= 0.3 is 5.97 Å². The lowest BCUT2D eigenvalue weighted by atomic mass is 10.0. The monoisotopic (exact) mass is 944 g/mol. The number of hydrogen-bond acceptors (Lipinski definition) is 5. The predicted octanol–water partition coefficient (Wildman–Crippen LogP) is 18.6. The number of hydrogen-bond donors (Lipinski definition) is 3. The molecule has 67 heavy (non-hydrogen) atoms. The first-order valence-corrected chi connectivity index (χ1v) is 30.1. The van der Waals surface area contributed by atoms with Crippen molar-refractivity contribution in [1.82, 2.24) is 5.32 Å². The fraction of sp³-hybridized carbons (Fsp3) is 0.902. The second kappa shape index (κ2) is 56.9. The van der Waals surface area contributed by atoms with Gasteiger partial charge in [-0.1, -0.05) is 282 Å². The van der Waals surface area contributed by atoms with Crippen LogP contribution in [-0.4, -0.2) is 47.4 Å². The van der Waals surface area contributed by atoms with Crippen LogP contribution >= 0.6 is 0 Å². The smallest absolute Gasteiger partial charge is 0.305 e. The van der Waals surface area contributed by atoms with Gasteiger partial charge in [-0.05, 0) is 57.8 Å². The Labute approximate surface area is 418 Å². The second-order valence-electron chi connectivity index (χ2n) is 20.7. The van der Waals surface area contributed by atoms with E-state index in [0.717, 1.165) is 51.4 Å². The zero-order valence-corrected chi connectivity index (χ0v) is 45.1. The molecule has 6 heteroatoms. The third kappa shape index (κ3) is 53.5. The average molecular weight is 945 g/mol. The zero-order chi connectivity index (χ0) is 48.6. The van der Waals surface area contributed by atoms with E-state index in [9.17, 15) is 19.8 Å². The number of allylic oxidation sites excluding steroid dienone is 4. The van der Waals surface area contributed by atoms with Crippen molar-refractivity contribution in [3.05, 3.63) is 24.3 Å². The standard InChI is InChI=1S/C61H117NO5/c1-3-5-7-9-11-13-15-17-18-19-21-25-28-31-35-39-43-47-51-55-61(66)67-56-52-48-44-40-36-32-29-26-23-20-22-24-27-30-34-38-42-46-50-54-60(65)62-58(57-63)59(64)53-49-45-41-37-33-16-14-12-10-8-6-4-2/h11,13,17-18,58-59,63-64H,3-10,12,14-16,19-57H2,1-2H3,(H,62,65)/b13-11-,18-17-. The summed E-state index contributed by atoms with van der Waals surface area (Å²) in [6.07, 6.45) is 68.9. The summed E-state index contributed by atoms with van der Waals surface area (Å²) in [4.78, 5) is 24.5. The highest BCUT2D eigenvalue weighted by molar-refractivity contribution is 5.76. The van der Waals surface area contributed by atoms with E-state index in [1.807, 2.05) is 0 Å². The molecule has 6 nitrogen and oxygen atoms in total. The number of carbonyl (C=O) groups is 2. The van der Waals surface area contributed by atoms with Gasteiger partial charge in [-0.3, -0.25) is 9.59 Å². The van der Waals surface area contributed by atoms with Crippen molar-refractivity contribution in [3.63, 3.8) is 0 Å². The highest BCUT2D eigenvalue weighted by Gasteiger charge is 2.20. The third-order valence-electron chi connectivity index (χ3n) is 14.0. The van der Waals surface area contributed by atoms with E-state index >= 15 is 0 Å². The van der Waals surface area contributed by atoms with E-state index in [0.29, 0.717) is 25.9 Å². The summed E-state index contributed by atoms with van der Waals surface area (Å²) in [5.74, 6) is -0.0319. The molecule has 0 aromatic heterocycles. The Kier molecular flexibility index (Phi) is 55.5. The van der Waals surface area contributed by atoms with Crippen molar-refractivity contribution in [2.75, 3.05) is 13.2 Å². The molecule has 0 bridgehead atoms. The quantitative estimate of drug-likeness (QED) is 0.0321. The van der Waals surface area contributed by atoms with E-state index in [-0.39, 0.29) is 18.5 Å². The van der Waals surface area contributed by atoms with E-state index < -0.39 is 12.1 Å². The lowest BCUT2D eigenvalue weighted by molar-refractivity contribution is -0.143. The van der Waals surface area contributed by atoms with Crippen molar-refractivity contribution in [2.24, 2.45) is 0 Å². The molecule has 2 unspecified atom stereocenters. The number of aliphatic hydroxyl groups is 2. The summed E-state index contributed by atoms with van der Waals surface area (Å²) in [6.45, 7) is 4.93. The molecule has 2 atom stereocenters. The van der Waals surface area contributed by atoms with Gasteiger partial charge < -0.3 is 20.3 Å². The van der Waals surface area contributed by atoms with Gasteiger partial charge in [0.05, 0.1) is 25.4 Å². The van der Waals surface area contributed by atoms with Gasteiger partial charge in [0.1, 0.15) is 0 Å². The Hall–Kier alpha value is -1.66. The molecule has 0 radical (unpaired) electrons. The first-order valence-electron chi connectivity index (χ1n) is 30.1. The summed E-state index contributed by atoms with van der Waals surface area (Å²) < 4.78 is 5.49. The van der Waals surface area contributed by atoms with Crippen LogP contribution in [0.15, 0.2) is 24.3 Å². The fourth-order valence-corrected chi connectivity index (χ4v) is 9.38. The maximum atomic E-state index is 12.5. The van der Waals surface area contributed by atoms with Crippen LogP contribution in [0.4, 0.5) is 0 Å². The Balaban J connectivity index is 3.37. The molecule has 0 saturated heterocycles. The number of rotatable bonds is 56. The van der Waals surface area contributed by atoms with E-state index in [1.165, 1.54) is 244 Å². The maximum absolute atomic E-state index is 12.5. The molecular weight excluding hydrogens is 827 g/mol. The highest BCUT2D eigenvalue weighted by atomic mass is 16.5. The molecule has 0 spiro atoms. The number of nitrogens with one attached hydrogen (secondary N) is 1. The Morgan fingerprint density at radius 2 is 0.746 bits per heavy atom. The van der Waals surface area contributed by atoms with Crippen molar-refractivity contribution >= 4 is 11.9 Å². The molecule has 0 aliphatic rings. The molecular formula is C61H117NO5. The van der Waals surface area contributed by atoms with Crippen LogP contribution in [0.2, 0.25) is 0 Å². The van der Waals surface area contributed by atoms with Crippen LogP contribution in [0.5, 0.6) is 0 Å². The van der Waals surface area contributed by atoms with E-state index in [1.54, 1.807) is 0 Å². The van der Waals surface area contributed by atoms with E-state index in [4.69, 9.17) is 4.74 Å². The van der Waals surface area contributed by atoms with Crippen molar-refractivity contribution in [3.8, 4) is 0 Å². The minimum absolute atomic E-state index is 0.00559. The number of amides is 1. The van der Waals surface area contributed by atoms with Gasteiger partial charge in [-0.15, -0.1) is 0 Å². The van der Waals surface area contributed by atoms with Crippen molar-refractivity contribution in [1.29, 1.82) is 0 Å². The van der Waals surface area contributed by atoms with Gasteiger partial charge in [-0.25, -0.2) is 0 Å². The van der Waals surface area contributed by atoms with Gasteiger partial charge in [-0.2, -0.15) is 0 Å². The summed E-state index contributed by atoms with van der Waals surface area (Å²) in [5.41, 5.74) is 0. The van der Waals surface area contributed by atoms with E-state index in [2.05, 4.69) is 43.5 Å². The van der Waals surface area contributed by atoms with Gasteiger partial charge in [0.2, 0.25) is 5.91 Å². The van der Waals surface area contributed by atoms with Gasteiger partial charge in [0, 0.05) is 12.8 Å². The van der Waals surface area contributed by atoms with Gasteiger partial charge in [0.15, 0.2) is 0 Å². The molecule has 3 N–H and O–H groups in total. The normalized spacial score (nSPS) is 12.7. The Morgan fingerprint density at radius 3 is 1.16 bits per heavy atom. The van der Waals surface area contributed by atoms with Crippen LogP contribution < -0.4 is 5.32 Å². The number of ether oxygens (including phenoxy) is 1.